The van der Waals surface area contributed by atoms with Crippen molar-refractivity contribution in [3.63, 3.8) is 0 Å². The minimum absolute atomic E-state index is 0. The number of hydrogen-bond acceptors (Lipinski definition) is 2. The maximum atomic E-state index is 4.57. The lowest BCUT2D eigenvalue weighted by Crippen LogP contribution is -1.40. The molecule has 0 unspecified atom stereocenters. The summed E-state index contributed by atoms with van der Waals surface area (Å²) in [7, 11) is 0.198. The van der Waals surface area contributed by atoms with Crippen molar-refractivity contribution >= 4 is 9.03 Å². The van der Waals surface area contributed by atoms with Crippen molar-refractivity contribution in [2.24, 2.45) is 0 Å². The lowest BCUT2D eigenvalue weighted by molar-refractivity contribution is 0.505. The van der Waals surface area contributed by atoms with Gasteiger partial charge in [0.2, 0.25) is 0 Å². The smallest absolute Gasteiger partial charge is 0.274 e. The van der Waals surface area contributed by atoms with Gasteiger partial charge in [0.25, 0.3) is 9.03 Å². The largest absolute Gasteiger partial charge is 0.445 e. The quantitative estimate of drug-likeness (QED) is 0.437. The van der Waals surface area contributed by atoms with E-state index in [9.17, 15) is 0 Å². The Hall–Kier alpha value is -0.230. The molecule has 1 aliphatic rings. The van der Waals surface area contributed by atoms with Crippen molar-refractivity contribution in [1.29, 1.82) is 0 Å². The van der Waals surface area contributed by atoms with Crippen molar-refractivity contribution in [3.8, 4) is 0 Å². The summed E-state index contributed by atoms with van der Waals surface area (Å²) in [4.78, 5) is 0. The van der Waals surface area contributed by atoms with Gasteiger partial charge in [0, 0.05) is 0 Å². The van der Waals surface area contributed by atoms with Crippen LogP contribution in [0.1, 0.15) is 7.43 Å². The molecule has 3 heteroatoms. The van der Waals surface area contributed by atoms with Gasteiger partial charge in [-0.1, -0.05) is 7.43 Å². The van der Waals surface area contributed by atoms with Crippen molar-refractivity contribution in [1.82, 2.24) is 0 Å². The summed E-state index contributed by atoms with van der Waals surface area (Å²) in [5.41, 5.74) is 0. The van der Waals surface area contributed by atoms with Gasteiger partial charge < -0.3 is 9.05 Å². The van der Waals surface area contributed by atoms with E-state index in [4.69, 9.17) is 0 Å². The lowest BCUT2D eigenvalue weighted by atomic mass is 11.1. The molecule has 0 aromatic heterocycles. The highest BCUT2D eigenvalue weighted by atomic mass is 31.1. The van der Waals surface area contributed by atoms with Crippen molar-refractivity contribution in [2.75, 3.05) is 0 Å². The summed E-state index contributed by atoms with van der Waals surface area (Å²) in [6, 6.07) is 0. The molecule has 0 atom stereocenters. The fourth-order valence-electron chi connectivity index (χ4n) is 0.139. The Labute approximate surface area is 39.1 Å². The Kier molecular flexibility index (Phi) is 2.87. The van der Waals surface area contributed by atoms with Crippen LogP contribution in [0.3, 0.4) is 0 Å². The summed E-state index contributed by atoms with van der Waals surface area (Å²) in [5.74, 6) is 0. The van der Waals surface area contributed by atoms with E-state index in [2.05, 4.69) is 9.05 Å². The molecule has 0 amide bonds. The molecular weight excluding hydrogens is 99.0 g/mol. The van der Waals surface area contributed by atoms with Gasteiger partial charge in [-0.2, -0.15) is 0 Å². The van der Waals surface area contributed by atoms with Gasteiger partial charge >= 0.3 is 0 Å². The summed E-state index contributed by atoms with van der Waals surface area (Å²) in [6.45, 7) is 0. The summed E-state index contributed by atoms with van der Waals surface area (Å²) in [6.07, 6.45) is 3.05. The highest BCUT2D eigenvalue weighted by Crippen LogP contribution is 2.19. The van der Waals surface area contributed by atoms with Crippen LogP contribution in [0.5, 0.6) is 0 Å². The minimum Gasteiger partial charge on any atom is -0.445 e. The van der Waals surface area contributed by atoms with E-state index in [1.807, 2.05) is 0 Å². The molecular formula is C3H7O2P. The Morgan fingerprint density at radius 2 is 1.67 bits per heavy atom. The first-order chi connectivity index (χ1) is 2.50. The second-order valence-electron chi connectivity index (χ2n) is 0.591. The first-order valence-corrected chi connectivity index (χ1v) is 2.03. The molecule has 1 rings (SSSR count). The summed E-state index contributed by atoms with van der Waals surface area (Å²) in [5, 5.41) is 0. The topological polar surface area (TPSA) is 18.5 Å². The molecule has 0 saturated heterocycles. The highest BCUT2D eigenvalue weighted by molar-refractivity contribution is 7.26. The second kappa shape index (κ2) is 2.98. The third-order valence-electron chi connectivity index (χ3n) is 0.288. The average Bonchev–Trinajstić information content (AvgIpc) is 1.76. The highest BCUT2D eigenvalue weighted by Gasteiger charge is 1.84. The molecule has 0 aromatic carbocycles. The number of rotatable bonds is 0. The molecule has 0 aliphatic carbocycles. The average molecular weight is 106 g/mol. The van der Waals surface area contributed by atoms with Crippen LogP contribution in [0, 0.1) is 0 Å². The van der Waals surface area contributed by atoms with Gasteiger partial charge in [-0.15, -0.1) is 0 Å². The van der Waals surface area contributed by atoms with E-state index in [0.29, 0.717) is 0 Å². The van der Waals surface area contributed by atoms with E-state index < -0.39 is 0 Å². The maximum Gasteiger partial charge on any atom is 0.274 e. The van der Waals surface area contributed by atoms with Crippen LogP contribution in [0.25, 0.3) is 0 Å². The molecule has 6 heavy (non-hydrogen) atoms. The molecule has 0 N–H and O–H groups in total. The predicted octanol–water partition coefficient (Wildman–Crippen LogP) is 1.65. The SMILES string of the molecule is C.C1=COPO1. The van der Waals surface area contributed by atoms with Crippen LogP contribution in [0.2, 0.25) is 0 Å². The van der Waals surface area contributed by atoms with E-state index in [0.717, 1.165) is 0 Å². The zero-order valence-electron chi connectivity index (χ0n) is 2.47. The Balaban J connectivity index is 0.000000250. The van der Waals surface area contributed by atoms with Gasteiger partial charge in [0.15, 0.2) is 0 Å². The fourth-order valence-corrected chi connectivity index (χ4v) is 0.417. The Bertz CT molecular complexity index is 46.8. The van der Waals surface area contributed by atoms with E-state index in [1.165, 1.54) is 12.5 Å². The van der Waals surface area contributed by atoms with Gasteiger partial charge in [0.1, 0.15) is 12.5 Å². The normalized spacial score (nSPS) is 14.7. The summed E-state index contributed by atoms with van der Waals surface area (Å²) < 4.78 is 9.14. The third kappa shape index (κ3) is 1.27. The van der Waals surface area contributed by atoms with Crippen LogP contribution < -0.4 is 0 Å². The van der Waals surface area contributed by atoms with Crippen LogP contribution >= 0.6 is 9.03 Å². The molecule has 36 valence electrons. The molecule has 0 radical (unpaired) electrons. The zero-order chi connectivity index (χ0) is 3.54. The van der Waals surface area contributed by atoms with Crippen LogP contribution in [0.4, 0.5) is 0 Å². The molecule has 0 saturated carbocycles. The molecule has 0 bridgehead atoms. The van der Waals surface area contributed by atoms with Crippen LogP contribution in [0.15, 0.2) is 12.5 Å². The van der Waals surface area contributed by atoms with E-state index >= 15 is 0 Å². The molecule has 2 nitrogen and oxygen atoms in total. The molecule has 0 fully saturated rings. The van der Waals surface area contributed by atoms with Gasteiger partial charge in [-0.25, -0.2) is 0 Å². The van der Waals surface area contributed by atoms with Crippen LogP contribution in [-0.2, 0) is 9.05 Å². The Morgan fingerprint density at radius 1 is 1.17 bits per heavy atom. The molecule has 1 aliphatic heterocycles. The molecule has 0 aromatic rings. The second-order valence-corrected chi connectivity index (χ2v) is 1.23. The standard InChI is InChI=1S/C2H3O2P.CH4/c1-2-4-5-3-1;/h1-2,5H;1H4. The lowest BCUT2D eigenvalue weighted by Gasteiger charge is -1.79. The van der Waals surface area contributed by atoms with E-state index in [-0.39, 0.29) is 16.5 Å². The van der Waals surface area contributed by atoms with Gasteiger partial charge in [-0.05, 0) is 0 Å². The molecule has 1 heterocycles. The third-order valence-corrected chi connectivity index (χ3v) is 0.752. The fraction of sp³-hybridized carbons (Fsp3) is 0.333. The van der Waals surface area contributed by atoms with Crippen LogP contribution in [-0.4, -0.2) is 0 Å². The maximum absolute atomic E-state index is 4.57. The van der Waals surface area contributed by atoms with Crippen molar-refractivity contribution in [3.05, 3.63) is 12.5 Å². The Morgan fingerprint density at radius 3 is 1.83 bits per heavy atom. The summed E-state index contributed by atoms with van der Waals surface area (Å²) >= 11 is 0. The minimum atomic E-state index is 0. The predicted molar refractivity (Wildman–Crippen MR) is 26.4 cm³/mol. The van der Waals surface area contributed by atoms with Crippen molar-refractivity contribution < 1.29 is 9.05 Å². The van der Waals surface area contributed by atoms with E-state index in [1.54, 1.807) is 0 Å². The first kappa shape index (κ1) is 5.77. The zero-order valence-corrected chi connectivity index (χ0v) is 3.47. The molecule has 0 spiro atoms. The number of hydrogen-bond donors (Lipinski definition) is 0. The van der Waals surface area contributed by atoms with Gasteiger partial charge in [0.05, 0.1) is 0 Å². The van der Waals surface area contributed by atoms with Crippen molar-refractivity contribution in [2.45, 2.75) is 7.43 Å². The first-order valence-electron chi connectivity index (χ1n) is 1.21. The monoisotopic (exact) mass is 106 g/mol. The van der Waals surface area contributed by atoms with Gasteiger partial charge in [-0.3, -0.25) is 0 Å².